The number of ether oxygens (including phenoxy) is 1. The van der Waals surface area contributed by atoms with Gasteiger partial charge in [-0.3, -0.25) is 9.59 Å². The van der Waals surface area contributed by atoms with E-state index in [2.05, 4.69) is 5.10 Å². The van der Waals surface area contributed by atoms with E-state index in [1.54, 1.807) is 25.9 Å². The maximum absolute atomic E-state index is 13.3. The number of nitrogens with zero attached hydrogens (tertiary/aromatic N) is 3. The number of ketones is 1. The Kier molecular flexibility index (Phi) is 6.69. The Balaban J connectivity index is 1.58. The molecule has 0 aliphatic carbocycles. The van der Waals surface area contributed by atoms with E-state index in [4.69, 9.17) is 4.74 Å². The van der Waals surface area contributed by atoms with Crippen molar-refractivity contribution in [2.24, 2.45) is 0 Å². The van der Waals surface area contributed by atoms with Gasteiger partial charge in [-0.1, -0.05) is 18.2 Å². The summed E-state index contributed by atoms with van der Waals surface area (Å²) < 4.78 is 46.1. The molecule has 1 amide bonds. The molecule has 4 rings (SSSR count). The third-order valence-corrected chi connectivity index (χ3v) is 6.37. The Morgan fingerprint density at radius 3 is 2.57 bits per heavy atom. The molecule has 0 radical (unpaired) electrons. The van der Waals surface area contributed by atoms with Crippen molar-refractivity contribution in [2.45, 2.75) is 45.3 Å². The minimum atomic E-state index is -4.51. The standard InChI is InChI=1S/C26H26F3N3O3/c1-16-23(17(2)32(30-16)21-9-5-8-19(15-21)26(27,28)29)24(33)25(34)31-12-6-10-20(31)13-18-7-4-11-22(14-18)35-3/h4-5,7-9,11,14-15,20H,6,10,12-13H2,1-3H3. The number of methoxy groups -OCH3 is 1. The number of hydrogen-bond donors (Lipinski definition) is 0. The van der Waals surface area contributed by atoms with Crippen molar-refractivity contribution in [3.8, 4) is 11.4 Å². The van der Waals surface area contributed by atoms with Gasteiger partial charge in [-0.05, 0) is 69.0 Å². The lowest BCUT2D eigenvalue weighted by Gasteiger charge is -2.24. The number of Topliss-reactive ketones (excluding diaryl/α,β-unsaturated/α-hetero) is 1. The summed E-state index contributed by atoms with van der Waals surface area (Å²) in [6.07, 6.45) is -2.35. The van der Waals surface area contributed by atoms with Crippen LogP contribution in [0.15, 0.2) is 48.5 Å². The fourth-order valence-corrected chi connectivity index (χ4v) is 4.66. The van der Waals surface area contributed by atoms with Crippen LogP contribution in [0.1, 0.15) is 45.7 Å². The molecule has 0 saturated carbocycles. The van der Waals surface area contributed by atoms with Crippen LogP contribution in [-0.2, 0) is 17.4 Å². The molecule has 184 valence electrons. The second-order valence-corrected chi connectivity index (χ2v) is 8.69. The summed E-state index contributed by atoms with van der Waals surface area (Å²) in [7, 11) is 1.59. The molecule has 0 N–H and O–H groups in total. The van der Waals surface area contributed by atoms with E-state index in [0.29, 0.717) is 24.4 Å². The van der Waals surface area contributed by atoms with Crippen molar-refractivity contribution in [3.63, 3.8) is 0 Å². The summed E-state index contributed by atoms with van der Waals surface area (Å²) in [6.45, 7) is 3.63. The highest BCUT2D eigenvalue weighted by atomic mass is 19.4. The molecular formula is C26H26F3N3O3. The molecule has 1 atom stereocenters. The van der Waals surface area contributed by atoms with Crippen molar-refractivity contribution < 1.29 is 27.5 Å². The first-order valence-corrected chi connectivity index (χ1v) is 11.3. The zero-order valence-electron chi connectivity index (χ0n) is 19.7. The van der Waals surface area contributed by atoms with E-state index in [0.717, 1.165) is 36.3 Å². The molecule has 0 spiro atoms. The van der Waals surface area contributed by atoms with Gasteiger partial charge < -0.3 is 9.64 Å². The van der Waals surface area contributed by atoms with Crippen LogP contribution >= 0.6 is 0 Å². The topological polar surface area (TPSA) is 64.4 Å². The minimum Gasteiger partial charge on any atom is -0.497 e. The molecule has 2 aromatic carbocycles. The highest BCUT2D eigenvalue weighted by Crippen LogP contribution is 2.31. The normalized spacial score (nSPS) is 15.9. The van der Waals surface area contributed by atoms with Gasteiger partial charge in [-0.15, -0.1) is 0 Å². The molecule has 2 heterocycles. The summed E-state index contributed by atoms with van der Waals surface area (Å²) in [6, 6.07) is 12.2. The fraction of sp³-hybridized carbons (Fsp3) is 0.346. The summed E-state index contributed by atoms with van der Waals surface area (Å²) in [5, 5.41) is 4.28. The van der Waals surface area contributed by atoms with Gasteiger partial charge in [0.25, 0.3) is 11.7 Å². The molecule has 1 saturated heterocycles. The predicted molar refractivity (Wildman–Crippen MR) is 124 cm³/mol. The molecule has 1 unspecified atom stereocenters. The molecule has 6 nitrogen and oxygen atoms in total. The predicted octanol–water partition coefficient (Wildman–Crippen LogP) is 4.93. The number of hydrogen-bond acceptors (Lipinski definition) is 4. The van der Waals surface area contributed by atoms with Gasteiger partial charge in [0, 0.05) is 12.6 Å². The molecule has 1 aromatic heterocycles. The number of aryl methyl sites for hydroxylation is 1. The van der Waals surface area contributed by atoms with E-state index in [9.17, 15) is 22.8 Å². The molecular weight excluding hydrogens is 459 g/mol. The Hall–Kier alpha value is -3.62. The zero-order chi connectivity index (χ0) is 25.3. The Bertz CT molecular complexity index is 1270. The van der Waals surface area contributed by atoms with Crippen molar-refractivity contribution >= 4 is 11.7 Å². The summed E-state index contributed by atoms with van der Waals surface area (Å²) in [4.78, 5) is 28.2. The first-order valence-electron chi connectivity index (χ1n) is 11.3. The van der Waals surface area contributed by atoms with Gasteiger partial charge in [0.1, 0.15) is 5.75 Å². The number of benzene rings is 2. The van der Waals surface area contributed by atoms with Crippen molar-refractivity contribution in [3.05, 3.63) is 76.6 Å². The van der Waals surface area contributed by atoms with Gasteiger partial charge in [0.15, 0.2) is 0 Å². The lowest BCUT2D eigenvalue weighted by molar-refractivity contribution is -0.137. The number of rotatable bonds is 6. The average molecular weight is 486 g/mol. The first-order chi connectivity index (χ1) is 16.6. The van der Waals surface area contributed by atoms with Crippen LogP contribution in [0.5, 0.6) is 5.75 Å². The largest absolute Gasteiger partial charge is 0.497 e. The smallest absolute Gasteiger partial charge is 0.416 e. The van der Waals surface area contributed by atoms with Crippen molar-refractivity contribution in [1.29, 1.82) is 0 Å². The number of likely N-dealkylation sites (tertiary alicyclic amines) is 1. The molecule has 3 aromatic rings. The van der Waals surface area contributed by atoms with Gasteiger partial charge in [-0.25, -0.2) is 4.68 Å². The van der Waals surface area contributed by atoms with Gasteiger partial charge >= 0.3 is 6.18 Å². The zero-order valence-corrected chi connectivity index (χ0v) is 19.7. The SMILES string of the molecule is COc1cccc(CC2CCCN2C(=O)C(=O)c2c(C)nn(-c3cccc(C(F)(F)F)c3)c2C)c1. The van der Waals surface area contributed by atoms with Crippen LogP contribution in [0.3, 0.4) is 0 Å². The summed E-state index contributed by atoms with van der Waals surface area (Å²) in [5.74, 6) is -0.594. The number of halogens is 3. The fourth-order valence-electron chi connectivity index (χ4n) is 4.66. The van der Waals surface area contributed by atoms with Crippen molar-refractivity contribution in [1.82, 2.24) is 14.7 Å². The van der Waals surface area contributed by atoms with E-state index in [1.165, 1.54) is 16.8 Å². The number of carbonyl (C=O) groups excluding carboxylic acids is 2. The van der Waals surface area contributed by atoms with Crippen LogP contribution in [-0.4, -0.2) is 46.1 Å². The van der Waals surface area contributed by atoms with Gasteiger partial charge in [0.05, 0.1) is 35.3 Å². The number of alkyl halides is 3. The molecule has 0 bridgehead atoms. The molecule has 1 aliphatic rings. The number of carbonyl (C=O) groups is 2. The van der Waals surface area contributed by atoms with E-state index >= 15 is 0 Å². The average Bonchev–Trinajstić information content (AvgIpc) is 3.41. The van der Waals surface area contributed by atoms with E-state index < -0.39 is 23.4 Å². The molecule has 1 fully saturated rings. The Morgan fingerprint density at radius 1 is 1.11 bits per heavy atom. The second kappa shape index (κ2) is 9.56. The first kappa shape index (κ1) is 24.5. The highest BCUT2D eigenvalue weighted by molar-refractivity contribution is 6.43. The number of aromatic nitrogens is 2. The van der Waals surface area contributed by atoms with Crippen molar-refractivity contribution in [2.75, 3.05) is 13.7 Å². The maximum atomic E-state index is 13.3. The minimum absolute atomic E-state index is 0.124. The highest BCUT2D eigenvalue weighted by Gasteiger charge is 2.36. The van der Waals surface area contributed by atoms with Gasteiger partial charge in [0.2, 0.25) is 0 Å². The van der Waals surface area contributed by atoms with Crippen LogP contribution in [0, 0.1) is 13.8 Å². The summed E-state index contributed by atoms with van der Waals surface area (Å²) >= 11 is 0. The lowest BCUT2D eigenvalue weighted by atomic mass is 10.0. The lowest BCUT2D eigenvalue weighted by Crippen LogP contribution is -2.41. The third kappa shape index (κ3) is 4.94. The maximum Gasteiger partial charge on any atom is 0.416 e. The van der Waals surface area contributed by atoms with Crippen LogP contribution < -0.4 is 4.74 Å². The van der Waals surface area contributed by atoms with E-state index in [-0.39, 0.29) is 17.3 Å². The summed E-state index contributed by atoms with van der Waals surface area (Å²) in [5.41, 5.74) is 1.10. The van der Waals surface area contributed by atoms with E-state index in [1.807, 2.05) is 24.3 Å². The molecule has 35 heavy (non-hydrogen) atoms. The van der Waals surface area contributed by atoms with Gasteiger partial charge in [-0.2, -0.15) is 18.3 Å². The molecule has 1 aliphatic heterocycles. The Morgan fingerprint density at radius 2 is 1.86 bits per heavy atom. The second-order valence-electron chi connectivity index (χ2n) is 8.69. The quantitative estimate of drug-likeness (QED) is 0.367. The number of amides is 1. The monoisotopic (exact) mass is 485 g/mol. The Labute approximate surface area is 201 Å². The van der Waals surface area contributed by atoms with Crippen LogP contribution in [0.25, 0.3) is 5.69 Å². The third-order valence-electron chi connectivity index (χ3n) is 6.37. The molecule has 9 heteroatoms. The van der Waals surface area contributed by atoms with Crippen LogP contribution in [0.4, 0.5) is 13.2 Å². The van der Waals surface area contributed by atoms with Crippen LogP contribution in [0.2, 0.25) is 0 Å².